The van der Waals surface area contributed by atoms with Crippen LogP contribution in [0.25, 0.3) is 6.08 Å². The Bertz CT molecular complexity index is 447. The maximum atomic E-state index is 13.0. The van der Waals surface area contributed by atoms with Crippen LogP contribution in [-0.4, -0.2) is 13.1 Å². The van der Waals surface area contributed by atoms with Crippen LogP contribution in [0.1, 0.15) is 38.3 Å². The minimum absolute atomic E-state index is 0.209. The lowest BCUT2D eigenvalue weighted by Gasteiger charge is -2.15. The average molecular weight is 285 g/mol. The molecule has 0 radical (unpaired) electrons. The summed E-state index contributed by atoms with van der Waals surface area (Å²) in [7, 11) is 0. The minimum Gasteiger partial charge on any atom is -0.313 e. The molecule has 0 bridgehead atoms. The van der Waals surface area contributed by atoms with Gasteiger partial charge >= 0.3 is 6.18 Å². The highest BCUT2D eigenvalue weighted by molar-refractivity contribution is 5.58. The van der Waals surface area contributed by atoms with Gasteiger partial charge in [0.05, 0.1) is 5.56 Å². The quantitative estimate of drug-likeness (QED) is 0.744. The Morgan fingerprint density at radius 1 is 1.25 bits per heavy atom. The largest absolute Gasteiger partial charge is 0.416 e. The summed E-state index contributed by atoms with van der Waals surface area (Å²) < 4.78 is 38.9. The van der Waals surface area contributed by atoms with Crippen molar-refractivity contribution < 1.29 is 13.2 Å². The fourth-order valence-electron chi connectivity index (χ4n) is 1.91. The molecule has 0 heterocycles. The molecule has 1 aromatic rings. The summed E-state index contributed by atoms with van der Waals surface area (Å²) in [5, 5.41) is 3.25. The van der Waals surface area contributed by atoms with Crippen molar-refractivity contribution in [2.24, 2.45) is 5.92 Å². The molecule has 1 N–H and O–H groups in total. The first-order chi connectivity index (χ1) is 9.36. The van der Waals surface area contributed by atoms with Crippen LogP contribution in [0.4, 0.5) is 13.2 Å². The number of alkyl halides is 3. The second-order valence-corrected chi connectivity index (χ2v) is 5.14. The Hall–Kier alpha value is -1.29. The van der Waals surface area contributed by atoms with Crippen molar-refractivity contribution in [3.8, 4) is 0 Å². The van der Waals surface area contributed by atoms with Gasteiger partial charge in [-0.3, -0.25) is 0 Å². The smallest absolute Gasteiger partial charge is 0.313 e. The fraction of sp³-hybridized carbons (Fsp3) is 0.500. The predicted octanol–water partition coefficient (Wildman–Crippen LogP) is 4.74. The number of benzene rings is 1. The lowest BCUT2D eigenvalue weighted by molar-refractivity contribution is -0.137. The molecule has 0 spiro atoms. The van der Waals surface area contributed by atoms with Gasteiger partial charge in [-0.2, -0.15) is 13.2 Å². The van der Waals surface area contributed by atoms with E-state index < -0.39 is 11.7 Å². The molecule has 1 rings (SSSR count). The van der Waals surface area contributed by atoms with Gasteiger partial charge in [0.1, 0.15) is 0 Å². The SMILES string of the molecule is CCCNCC(=Cc1ccccc1C(F)(F)F)C(C)C. The Morgan fingerprint density at radius 3 is 2.45 bits per heavy atom. The van der Waals surface area contributed by atoms with Crippen molar-refractivity contribution in [2.75, 3.05) is 13.1 Å². The Balaban J connectivity index is 3.05. The molecular formula is C16H22F3N. The third-order valence-electron chi connectivity index (χ3n) is 3.10. The van der Waals surface area contributed by atoms with Gasteiger partial charge in [0.2, 0.25) is 0 Å². The van der Waals surface area contributed by atoms with E-state index in [1.165, 1.54) is 12.1 Å². The summed E-state index contributed by atoms with van der Waals surface area (Å²) >= 11 is 0. The lowest BCUT2D eigenvalue weighted by Crippen LogP contribution is -2.20. The predicted molar refractivity (Wildman–Crippen MR) is 77.4 cm³/mol. The molecule has 1 nitrogen and oxygen atoms in total. The number of halogens is 3. The molecule has 20 heavy (non-hydrogen) atoms. The first-order valence-electron chi connectivity index (χ1n) is 6.93. The van der Waals surface area contributed by atoms with Gasteiger partial charge in [0.25, 0.3) is 0 Å². The molecule has 0 atom stereocenters. The van der Waals surface area contributed by atoms with Crippen molar-refractivity contribution in [1.82, 2.24) is 5.32 Å². The molecule has 0 saturated heterocycles. The number of nitrogens with one attached hydrogen (secondary N) is 1. The van der Waals surface area contributed by atoms with Crippen LogP contribution in [0, 0.1) is 5.92 Å². The van der Waals surface area contributed by atoms with E-state index in [4.69, 9.17) is 0 Å². The van der Waals surface area contributed by atoms with Gasteiger partial charge in [-0.1, -0.05) is 50.6 Å². The molecule has 4 heteroatoms. The third-order valence-corrected chi connectivity index (χ3v) is 3.10. The van der Waals surface area contributed by atoms with Gasteiger partial charge in [-0.15, -0.1) is 0 Å². The normalized spacial score (nSPS) is 13.1. The summed E-state index contributed by atoms with van der Waals surface area (Å²) in [6.07, 6.45) is -1.65. The van der Waals surface area contributed by atoms with Crippen molar-refractivity contribution in [3.63, 3.8) is 0 Å². The second kappa shape index (κ2) is 7.48. The zero-order valence-electron chi connectivity index (χ0n) is 12.2. The fourth-order valence-corrected chi connectivity index (χ4v) is 1.91. The van der Waals surface area contributed by atoms with Crippen LogP contribution < -0.4 is 5.32 Å². The first kappa shape index (κ1) is 16.8. The topological polar surface area (TPSA) is 12.0 Å². The van der Waals surface area contributed by atoms with E-state index >= 15 is 0 Å². The van der Waals surface area contributed by atoms with Crippen LogP contribution in [0.15, 0.2) is 29.8 Å². The van der Waals surface area contributed by atoms with E-state index in [2.05, 4.69) is 12.2 Å². The van der Waals surface area contributed by atoms with Crippen LogP contribution in [0.2, 0.25) is 0 Å². The molecule has 0 saturated carbocycles. The Morgan fingerprint density at radius 2 is 1.90 bits per heavy atom. The third kappa shape index (κ3) is 5.00. The first-order valence-corrected chi connectivity index (χ1v) is 6.93. The van der Waals surface area contributed by atoms with Crippen molar-refractivity contribution in [3.05, 3.63) is 41.0 Å². The maximum Gasteiger partial charge on any atom is 0.416 e. The molecule has 112 valence electrons. The molecule has 0 unspecified atom stereocenters. The van der Waals surface area contributed by atoms with Gasteiger partial charge in [-0.25, -0.2) is 0 Å². The van der Waals surface area contributed by atoms with E-state index in [0.29, 0.717) is 6.54 Å². The van der Waals surface area contributed by atoms with Crippen molar-refractivity contribution in [1.29, 1.82) is 0 Å². The summed E-state index contributed by atoms with van der Waals surface area (Å²) in [5.41, 5.74) is 0.644. The summed E-state index contributed by atoms with van der Waals surface area (Å²) in [5.74, 6) is 0.209. The Labute approximate surface area is 118 Å². The summed E-state index contributed by atoms with van der Waals surface area (Å²) in [6, 6.07) is 5.71. The van der Waals surface area contributed by atoms with E-state index in [0.717, 1.165) is 24.6 Å². The highest BCUT2D eigenvalue weighted by atomic mass is 19.4. The molecule has 0 aliphatic carbocycles. The number of hydrogen-bond acceptors (Lipinski definition) is 1. The molecule has 1 aromatic carbocycles. The molecule has 0 aromatic heterocycles. The van der Waals surface area contributed by atoms with Crippen LogP contribution in [0.5, 0.6) is 0 Å². The highest BCUT2D eigenvalue weighted by Gasteiger charge is 2.32. The molecule has 0 aliphatic rings. The number of rotatable bonds is 6. The van der Waals surface area contributed by atoms with Crippen LogP contribution in [-0.2, 0) is 6.18 Å². The van der Waals surface area contributed by atoms with Crippen molar-refractivity contribution >= 4 is 6.08 Å². The molecule has 0 fully saturated rings. The molecule has 0 amide bonds. The van der Waals surface area contributed by atoms with Gasteiger partial charge < -0.3 is 5.32 Å². The summed E-state index contributed by atoms with van der Waals surface area (Å²) in [6.45, 7) is 7.54. The molecular weight excluding hydrogens is 263 g/mol. The van der Waals surface area contributed by atoms with E-state index in [1.807, 2.05) is 13.8 Å². The Kier molecular flexibility index (Phi) is 6.27. The van der Waals surface area contributed by atoms with E-state index in [9.17, 15) is 13.2 Å². The zero-order chi connectivity index (χ0) is 15.2. The molecule has 0 aliphatic heterocycles. The van der Waals surface area contributed by atoms with E-state index in [-0.39, 0.29) is 11.5 Å². The van der Waals surface area contributed by atoms with Crippen LogP contribution in [0.3, 0.4) is 0 Å². The van der Waals surface area contributed by atoms with Gasteiger partial charge in [0.15, 0.2) is 0 Å². The second-order valence-electron chi connectivity index (χ2n) is 5.14. The van der Waals surface area contributed by atoms with E-state index in [1.54, 1.807) is 12.1 Å². The monoisotopic (exact) mass is 285 g/mol. The highest BCUT2D eigenvalue weighted by Crippen LogP contribution is 2.33. The van der Waals surface area contributed by atoms with Crippen LogP contribution >= 0.6 is 0 Å². The van der Waals surface area contributed by atoms with Crippen molar-refractivity contribution in [2.45, 2.75) is 33.4 Å². The standard InChI is InChI=1S/C16H22F3N/c1-4-9-20-11-14(12(2)3)10-13-7-5-6-8-15(13)16(17,18)19/h5-8,10,12,20H,4,9,11H2,1-3H3. The summed E-state index contributed by atoms with van der Waals surface area (Å²) in [4.78, 5) is 0. The zero-order valence-corrected chi connectivity index (χ0v) is 12.2. The lowest BCUT2D eigenvalue weighted by atomic mass is 9.97. The maximum absolute atomic E-state index is 13.0. The minimum atomic E-state index is -4.31. The number of hydrogen-bond donors (Lipinski definition) is 1. The average Bonchev–Trinajstić information content (AvgIpc) is 2.37. The van der Waals surface area contributed by atoms with Gasteiger partial charge in [-0.05, 0) is 30.5 Å². The van der Waals surface area contributed by atoms with Gasteiger partial charge in [0, 0.05) is 6.54 Å².